The fraction of sp³-hybridized carbons (Fsp3) is 0. The summed E-state index contributed by atoms with van der Waals surface area (Å²) in [5, 5.41) is 4.98. The summed E-state index contributed by atoms with van der Waals surface area (Å²) in [6, 6.07) is 11.9. The molecular weight excluding hydrogens is 277 g/mol. The van der Waals surface area contributed by atoms with Crippen LogP contribution in [0.25, 0.3) is 10.8 Å². The van der Waals surface area contributed by atoms with Crippen LogP contribution in [0.5, 0.6) is 0 Å². The zero-order valence-corrected chi connectivity index (χ0v) is 11.2. The lowest BCUT2D eigenvalue weighted by Gasteiger charge is -2.10. The van der Waals surface area contributed by atoms with Gasteiger partial charge in [0, 0.05) is 23.0 Å². The van der Waals surface area contributed by atoms with Gasteiger partial charge in [-0.2, -0.15) is 0 Å². The number of nitrogens with zero attached hydrogens (tertiary/aromatic N) is 1. The third-order valence-corrected chi connectivity index (χ3v) is 3.30. The molecule has 0 amide bonds. The minimum Gasteiger partial charge on any atom is -0.398 e. The quantitative estimate of drug-likeness (QED) is 0.689. The SMILES string of the molecule is Nc1cccc2ccnc(Nc3ccc(F)c(Cl)c3)c12. The van der Waals surface area contributed by atoms with Gasteiger partial charge in [0.2, 0.25) is 0 Å². The van der Waals surface area contributed by atoms with Crippen LogP contribution < -0.4 is 11.1 Å². The molecular formula is C15H11ClFN3. The summed E-state index contributed by atoms with van der Waals surface area (Å²) < 4.78 is 13.2. The molecule has 3 N–H and O–H groups in total. The molecule has 1 aromatic heterocycles. The average molecular weight is 288 g/mol. The number of hydrogen-bond acceptors (Lipinski definition) is 3. The van der Waals surface area contributed by atoms with E-state index in [1.807, 2.05) is 24.3 Å². The van der Waals surface area contributed by atoms with Gasteiger partial charge in [0.15, 0.2) is 0 Å². The molecule has 0 radical (unpaired) electrons. The normalized spacial score (nSPS) is 10.7. The number of halogens is 2. The second kappa shape index (κ2) is 4.98. The van der Waals surface area contributed by atoms with E-state index in [-0.39, 0.29) is 5.02 Å². The molecule has 0 unspecified atom stereocenters. The lowest BCUT2D eigenvalue weighted by Crippen LogP contribution is -1.97. The molecule has 0 bridgehead atoms. The monoisotopic (exact) mass is 287 g/mol. The fourth-order valence-electron chi connectivity index (χ4n) is 2.06. The summed E-state index contributed by atoms with van der Waals surface area (Å²) in [4.78, 5) is 4.29. The smallest absolute Gasteiger partial charge is 0.141 e. The molecule has 20 heavy (non-hydrogen) atoms. The minimum absolute atomic E-state index is 0.0585. The molecule has 1 heterocycles. The van der Waals surface area contributed by atoms with E-state index in [2.05, 4.69) is 10.3 Å². The van der Waals surface area contributed by atoms with E-state index in [0.29, 0.717) is 17.2 Å². The maximum atomic E-state index is 13.2. The van der Waals surface area contributed by atoms with Gasteiger partial charge in [0.05, 0.1) is 5.02 Å². The molecule has 100 valence electrons. The van der Waals surface area contributed by atoms with Crippen molar-refractivity contribution in [1.82, 2.24) is 4.98 Å². The fourth-order valence-corrected chi connectivity index (χ4v) is 2.24. The average Bonchev–Trinajstić information content (AvgIpc) is 2.43. The van der Waals surface area contributed by atoms with Gasteiger partial charge in [0.25, 0.3) is 0 Å². The molecule has 0 saturated heterocycles. The van der Waals surface area contributed by atoms with E-state index in [4.69, 9.17) is 17.3 Å². The van der Waals surface area contributed by atoms with Crippen molar-refractivity contribution < 1.29 is 4.39 Å². The standard InChI is InChI=1S/C15H11ClFN3/c16-11-8-10(4-5-12(11)17)20-15-14-9(6-7-19-15)2-1-3-13(14)18/h1-8H,18H2,(H,19,20). The van der Waals surface area contributed by atoms with E-state index in [1.54, 1.807) is 12.3 Å². The largest absolute Gasteiger partial charge is 0.398 e. The molecule has 0 aliphatic heterocycles. The van der Waals surface area contributed by atoms with Crippen LogP contribution in [0.4, 0.5) is 21.6 Å². The molecule has 0 fully saturated rings. The van der Waals surface area contributed by atoms with E-state index < -0.39 is 5.82 Å². The number of hydrogen-bond donors (Lipinski definition) is 2. The third kappa shape index (κ3) is 2.26. The molecule has 3 aromatic rings. The van der Waals surface area contributed by atoms with Crippen LogP contribution in [0.2, 0.25) is 5.02 Å². The van der Waals surface area contributed by atoms with Crippen LogP contribution in [0, 0.1) is 5.82 Å². The molecule has 0 saturated carbocycles. The van der Waals surface area contributed by atoms with Crippen LogP contribution in [-0.2, 0) is 0 Å². The van der Waals surface area contributed by atoms with Crippen molar-refractivity contribution in [3.8, 4) is 0 Å². The Morgan fingerprint density at radius 1 is 1.15 bits per heavy atom. The molecule has 0 aliphatic carbocycles. The summed E-state index contributed by atoms with van der Waals surface area (Å²) in [5.74, 6) is 0.158. The maximum Gasteiger partial charge on any atom is 0.141 e. The lowest BCUT2D eigenvalue weighted by molar-refractivity contribution is 0.628. The number of nitrogens with one attached hydrogen (secondary N) is 1. The second-order valence-corrected chi connectivity index (χ2v) is 4.77. The predicted molar refractivity (Wildman–Crippen MR) is 80.8 cm³/mol. The number of benzene rings is 2. The molecule has 2 aromatic carbocycles. The molecule has 5 heteroatoms. The summed E-state index contributed by atoms with van der Waals surface area (Å²) in [7, 11) is 0. The first-order chi connectivity index (χ1) is 9.65. The van der Waals surface area contributed by atoms with Crippen molar-refractivity contribution >= 4 is 39.6 Å². The first-order valence-electron chi connectivity index (χ1n) is 6.00. The van der Waals surface area contributed by atoms with Gasteiger partial charge in [-0.15, -0.1) is 0 Å². The van der Waals surface area contributed by atoms with Gasteiger partial charge in [-0.1, -0.05) is 23.7 Å². The van der Waals surface area contributed by atoms with Crippen LogP contribution >= 0.6 is 11.6 Å². The highest BCUT2D eigenvalue weighted by Gasteiger charge is 2.07. The van der Waals surface area contributed by atoms with Crippen LogP contribution in [0.15, 0.2) is 48.7 Å². The van der Waals surface area contributed by atoms with Crippen molar-refractivity contribution in [1.29, 1.82) is 0 Å². The summed E-state index contributed by atoms with van der Waals surface area (Å²) in [5.41, 5.74) is 7.28. The van der Waals surface area contributed by atoms with Crippen LogP contribution in [-0.4, -0.2) is 4.98 Å². The molecule has 3 nitrogen and oxygen atoms in total. The maximum absolute atomic E-state index is 13.2. The Balaban J connectivity index is 2.08. The number of aromatic nitrogens is 1. The molecule has 0 atom stereocenters. The van der Waals surface area contributed by atoms with Crippen molar-refractivity contribution in [2.75, 3.05) is 11.1 Å². The Kier molecular flexibility index (Phi) is 3.16. The summed E-state index contributed by atoms with van der Waals surface area (Å²) in [6.45, 7) is 0. The van der Waals surface area contributed by atoms with Gasteiger partial charge in [-0.3, -0.25) is 0 Å². The Labute approximate surface area is 120 Å². The number of rotatable bonds is 2. The van der Waals surface area contributed by atoms with Gasteiger partial charge >= 0.3 is 0 Å². The van der Waals surface area contributed by atoms with Crippen molar-refractivity contribution in [3.63, 3.8) is 0 Å². The summed E-state index contributed by atoms with van der Waals surface area (Å²) >= 11 is 5.77. The van der Waals surface area contributed by atoms with Crippen molar-refractivity contribution in [3.05, 3.63) is 59.5 Å². The summed E-state index contributed by atoms with van der Waals surface area (Å²) in [6.07, 6.45) is 1.69. The highest BCUT2D eigenvalue weighted by atomic mass is 35.5. The number of fused-ring (bicyclic) bond motifs is 1. The zero-order valence-electron chi connectivity index (χ0n) is 10.4. The Bertz CT molecular complexity index is 784. The third-order valence-electron chi connectivity index (χ3n) is 3.01. The van der Waals surface area contributed by atoms with Crippen molar-refractivity contribution in [2.45, 2.75) is 0 Å². The van der Waals surface area contributed by atoms with Crippen molar-refractivity contribution in [2.24, 2.45) is 0 Å². The molecule has 3 rings (SSSR count). The zero-order chi connectivity index (χ0) is 14.1. The van der Waals surface area contributed by atoms with Gasteiger partial charge in [0.1, 0.15) is 11.6 Å². The second-order valence-electron chi connectivity index (χ2n) is 4.36. The van der Waals surface area contributed by atoms with Gasteiger partial charge < -0.3 is 11.1 Å². The molecule has 0 aliphatic rings. The van der Waals surface area contributed by atoms with E-state index in [1.165, 1.54) is 12.1 Å². The number of nitrogens with two attached hydrogens (primary N) is 1. The Morgan fingerprint density at radius 3 is 2.80 bits per heavy atom. The Morgan fingerprint density at radius 2 is 2.00 bits per heavy atom. The highest BCUT2D eigenvalue weighted by Crippen LogP contribution is 2.30. The van der Waals surface area contributed by atoms with Gasteiger partial charge in [-0.05, 0) is 35.7 Å². The minimum atomic E-state index is -0.456. The number of anilines is 3. The number of nitrogen functional groups attached to an aromatic ring is 1. The highest BCUT2D eigenvalue weighted by molar-refractivity contribution is 6.31. The molecule has 0 spiro atoms. The van der Waals surface area contributed by atoms with E-state index in [0.717, 1.165) is 10.8 Å². The van der Waals surface area contributed by atoms with Crippen LogP contribution in [0.3, 0.4) is 0 Å². The topological polar surface area (TPSA) is 50.9 Å². The van der Waals surface area contributed by atoms with E-state index in [9.17, 15) is 4.39 Å². The van der Waals surface area contributed by atoms with E-state index >= 15 is 0 Å². The first kappa shape index (κ1) is 12.7. The first-order valence-corrected chi connectivity index (χ1v) is 6.38. The lowest BCUT2D eigenvalue weighted by atomic mass is 10.1. The number of pyridine rings is 1. The predicted octanol–water partition coefficient (Wildman–Crippen LogP) is 4.35. The van der Waals surface area contributed by atoms with Crippen LogP contribution in [0.1, 0.15) is 0 Å². The Hall–Kier alpha value is -2.33. The van der Waals surface area contributed by atoms with Gasteiger partial charge in [-0.25, -0.2) is 9.37 Å².